The van der Waals surface area contributed by atoms with Gasteiger partial charge in [-0.2, -0.15) is 5.26 Å². The average molecular weight is 278 g/mol. The fourth-order valence-corrected chi connectivity index (χ4v) is 2.58. The lowest BCUT2D eigenvalue weighted by molar-refractivity contribution is -0.119. The molecule has 4 nitrogen and oxygen atoms in total. The van der Waals surface area contributed by atoms with Crippen LogP contribution in [-0.2, 0) is 4.79 Å². The van der Waals surface area contributed by atoms with E-state index in [1.54, 1.807) is 18.2 Å². The van der Waals surface area contributed by atoms with E-state index in [9.17, 15) is 4.79 Å². The van der Waals surface area contributed by atoms with Crippen LogP contribution in [-0.4, -0.2) is 12.5 Å². The van der Waals surface area contributed by atoms with Gasteiger partial charge in [-0.25, -0.2) is 0 Å². The number of hydrogen-bond donors (Lipinski definition) is 2. The van der Waals surface area contributed by atoms with Crippen molar-refractivity contribution in [3.05, 3.63) is 28.8 Å². The molecule has 1 aromatic rings. The van der Waals surface area contributed by atoms with Crippen LogP contribution in [0, 0.1) is 16.7 Å². The van der Waals surface area contributed by atoms with Gasteiger partial charge in [0.15, 0.2) is 0 Å². The second-order valence-electron chi connectivity index (χ2n) is 5.09. The Morgan fingerprint density at radius 2 is 2.26 bits per heavy atom. The highest BCUT2D eigenvalue weighted by Crippen LogP contribution is 2.43. The maximum absolute atomic E-state index is 12.0. The Kier molecular flexibility index (Phi) is 4.08. The monoisotopic (exact) mass is 277 g/mol. The summed E-state index contributed by atoms with van der Waals surface area (Å²) in [5.74, 6) is -0.0724. The highest BCUT2D eigenvalue weighted by Gasteiger charge is 2.37. The van der Waals surface area contributed by atoms with Crippen LogP contribution in [0.3, 0.4) is 0 Å². The summed E-state index contributed by atoms with van der Waals surface area (Å²) in [7, 11) is 0. The van der Waals surface area contributed by atoms with Crippen LogP contribution in [0.4, 0.5) is 5.69 Å². The number of benzene rings is 1. The highest BCUT2D eigenvalue weighted by molar-refractivity contribution is 6.33. The predicted molar refractivity (Wildman–Crippen MR) is 74.8 cm³/mol. The topological polar surface area (TPSA) is 78.9 Å². The Labute approximate surface area is 117 Å². The molecule has 19 heavy (non-hydrogen) atoms. The van der Waals surface area contributed by atoms with Gasteiger partial charge in [0.2, 0.25) is 5.91 Å². The molecule has 1 aromatic carbocycles. The molecule has 1 fully saturated rings. The number of halogens is 1. The molecule has 0 aromatic heterocycles. The summed E-state index contributed by atoms with van der Waals surface area (Å²) in [5.41, 5.74) is 6.72. The normalized spacial score (nSPS) is 16.3. The molecule has 1 amide bonds. The third-order valence-electron chi connectivity index (χ3n) is 3.76. The van der Waals surface area contributed by atoms with E-state index in [2.05, 4.69) is 5.32 Å². The highest BCUT2D eigenvalue weighted by atomic mass is 35.5. The van der Waals surface area contributed by atoms with E-state index >= 15 is 0 Å². The van der Waals surface area contributed by atoms with E-state index in [0.717, 1.165) is 19.3 Å². The number of anilines is 1. The molecule has 0 bridgehead atoms. The first-order chi connectivity index (χ1) is 9.08. The van der Waals surface area contributed by atoms with Crippen molar-refractivity contribution in [3.8, 4) is 6.07 Å². The maximum atomic E-state index is 12.0. The first-order valence-corrected chi connectivity index (χ1v) is 6.66. The average Bonchev–Trinajstić information content (AvgIpc) is 2.36. The Balaban J connectivity index is 2.01. The van der Waals surface area contributed by atoms with Gasteiger partial charge in [0, 0.05) is 6.42 Å². The van der Waals surface area contributed by atoms with Gasteiger partial charge in [0.1, 0.15) is 0 Å². The third-order valence-corrected chi connectivity index (χ3v) is 4.07. The van der Waals surface area contributed by atoms with E-state index in [-0.39, 0.29) is 11.3 Å². The van der Waals surface area contributed by atoms with Crippen molar-refractivity contribution in [2.75, 3.05) is 11.9 Å². The minimum Gasteiger partial charge on any atom is -0.330 e. The Morgan fingerprint density at radius 3 is 2.74 bits per heavy atom. The molecular weight excluding hydrogens is 262 g/mol. The van der Waals surface area contributed by atoms with Crippen LogP contribution in [0.15, 0.2) is 18.2 Å². The fourth-order valence-electron chi connectivity index (χ4n) is 2.35. The van der Waals surface area contributed by atoms with Crippen LogP contribution < -0.4 is 11.1 Å². The molecule has 0 spiro atoms. The number of rotatable bonds is 4. The van der Waals surface area contributed by atoms with Crippen LogP contribution in [0.5, 0.6) is 0 Å². The molecule has 0 unspecified atom stereocenters. The van der Waals surface area contributed by atoms with Gasteiger partial charge in [-0.15, -0.1) is 0 Å². The molecule has 0 saturated heterocycles. The molecule has 3 N–H and O–H groups in total. The first kappa shape index (κ1) is 13.9. The summed E-state index contributed by atoms with van der Waals surface area (Å²) in [5, 5.41) is 11.9. The molecule has 0 atom stereocenters. The van der Waals surface area contributed by atoms with Gasteiger partial charge >= 0.3 is 0 Å². The van der Waals surface area contributed by atoms with Crippen LogP contribution in [0.25, 0.3) is 0 Å². The number of nitrogens with one attached hydrogen (secondary N) is 1. The molecule has 1 saturated carbocycles. The number of carbonyl (C=O) groups excluding carboxylic acids is 1. The minimum atomic E-state index is -0.0724. The smallest absolute Gasteiger partial charge is 0.225 e. The van der Waals surface area contributed by atoms with Crippen molar-refractivity contribution in [1.29, 1.82) is 5.26 Å². The second-order valence-corrected chi connectivity index (χ2v) is 5.50. The molecule has 0 aliphatic heterocycles. The summed E-state index contributed by atoms with van der Waals surface area (Å²) in [6.07, 6.45) is 3.60. The molecular formula is C14H16ClN3O. The Hall–Kier alpha value is -1.57. The lowest BCUT2D eigenvalue weighted by atomic mass is 9.66. The zero-order chi connectivity index (χ0) is 13.9. The fraction of sp³-hybridized carbons (Fsp3) is 0.429. The van der Waals surface area contributed by atoms with Crippen LogP contribution in [0.1, 0.15) is 31.2 Å². The van der Waals surface area contributed by atoms with Gasteiger partial charge in [0.25, 0.3) is 0 Å². The predicted octanol–water partition coefficient (Wildman–Crippen LogP) is 2.67. The van der Waals surface area contributed by atoms with Crippen molar-refractivity contribution in [1.82, 2.24) is 0 Å². The zero-order valence-electron chi connectivity index (χ0n) is 10.6. The van der Waals surface area contributed by atoms with Gasteiger partial charge in [-0.1, -0.05) is 18.0 Å². The SMILES string of the molecule is N#Cc1ccc(NC(=O)CC2(CN)CCC2)c(Cl)c1. The van der Waals surface area contributed by atoms with Gasteiger partial charge in [-0.05, 0) is 43.0 Å². The molecule has 1 aliphatic rings. The third kappa shape index (κ3) is 3.06. The minimum absolute atomic E-state index is 0.0246. The lowest BCUT2D eigenvalue weighted by Crippen LogP contribution is -2.40. The summed E-state index contributed by atoms with van der Waals surface area (Å²) in [4.78, 5) is 12.0. The van der Waals surface area contributed by atoms with Crippen molar-refractivity contribution >= 4 is 23.2 Å². The van der Waals surface area contributed by atoms with E-state index in [0.29, 0.717) is 29.2 Å². The zero-order valence-corrected chi connectivity index (χ0v) is 11.3. The largest absolute Gasteiger partial charge is 0.330 e. The summed E-state index contributed by atoms with van der Waals surface area (Å²) >= 11 is 6.01. The number of nitriles is 1. The summed E-state index contributed by atoms with van der Waals surface area (Å²) in [6.45, 7) is 0.543. The van der Waals surface area contributed by atoms with Crippen molar-refractivity contribution < 1.29 is 4.79 Å². The molecule has 0 heterocycles. The number of amides is 1. The second kappa shape index (κ2) is 5.60. The number of hydrogen-bond acceptors (Lipinski definition) is 3. The molecule has 5 heteroatoms. The maximum Gasteiger partial charge on any atom is 0.225 e. The van der Waals surface area contributed by atoms with Crippen molar-refractivity contribution in [2.24, 2.45) is 11.1 Å². The standard InChI is InChI=1S/C14H16ClN3O/c15-11-6-10(8-16)2-3-12(11)18-13(19)7-14(9-17)4-1-5-14/h2-3,6H,1,4-5,7,9,17H2,(H,18,19). The molecule has 0 radical (unpaired) electrons. The summed E-state index contributed by atoms with van der Waals surface area (Å²) in [6, 6.07) is 6.82. The van der Waals surface area contributed by atoms with Gasteiger partial charge < -0.3 is 11.1 Å². The van der Waals surface area contributed by atoms with Crippen molar-refractivity contribution in [3.63, 3.8) is 0 Å². The van der Waals surface area contributed by atoms with Crippen LogP contribution in [0.2, 0.25) is 5.02 Å². The van der Waals surface area contributed by atoms with Gasteiger partial charge in [-0.3, -0.25) is 4.79 Å². The molecule has 2 rings (SSSR count). The number of nitrogens with zero attached hydrogens (tertiary/aromatic N) is 1. The number of nitrogens with two attached hydrogens (primary N) is 1. The summed E-state index contributed by atoms with van der Waals surface area (Å²) < 4.78 is 0. The number of carbonyl (C=O) groups is 1. The Morgan fingerprint density at radius 1 is 1.53 bits per heavy atom. The van der Waals surface area contributed by atoms with E-state index < -0.39 is 0 Å². The first-order valence-electron chi connectivity index (χ1n) is 6.28. The lowest BCUT2D eigenvalue weighted by Gasteiger charge is -2.40. The Bertz CT molecular complexity index is 526. The van der Waals surface area contributed by atoms with Gasteiger partial charge in [0.05, 0.1) is 22.3 Å². The van der Waals surface area contributed by atoms with E-state index in [1.807, 2.05) is 6.07 Å². The van der Waals surface area contributed by atoms with Crippen molar-refractivity contribution in [2.45, 2.75) is 25.7 Å². The quantitative estimate of drug-likeness (QED) is 0.888. The van der Waals surface area contributed by atoms with Crippen LogP contribution >= 0.6 is 11.6 Å². The van der Waals surface area contributed by atoms with E-state index in [1.165, 1.54) is 0 Å². The molecule has 100 valence electrons. The van der Waals surface area contributed by atoms with E-state index in [4.69, 9.17) is 22.6 Å². The molecule has 1 aliphatic carbocycles.